The van der Waals surface area contributed by atoms with Crippen LogP contribution in [0.3, 0.4) is 0 Å². The number of aliphatic hydroxyl groups excluding tert-OH is 1. The van der Waals surface area contributed by atoms with Crippen molar-refractivity contribution in [2.24, 2.45) is 0 Å². The number of nitrogens with zero attached hydrogens (tertiary/aromatic N) is 1. The molecular weight excluding hydrogens is 236 g/mol. The van der Waals surface area contributed by atoms with Crippen molar-refractivity contribution in [2.75, 3.05) is 32.2 Å². The maximum Gasteiger partial charge on any atom is 0.355 e. The van der Waals surface area contributed by atoms with Crippen LogP contribution < -0.4 is 5.73 Å². The SMILES string of the molecule is CCCn1cc(N)cc1C(=O)OCCOCCO. The monoisotopic (exact) mass is 256 g/mol. The molecule has 0 saturated heterocycles. The minimum atomic E-state index is -0.409. The number of rotatable bonds is 8. The second-order valence-corrected chi connectivity index (χ2v) is 3.82. The maximum atomic E-state index is 11.8. The van der Waals surface area contributed by atoms with E-state index in [2.05, 4.69) is 0 Å². The predicted molar refractivity (Wildman–Crippen MR) is 67.3 cm³/mol. The molecule has 0 aromatic carbocycles. The Morgan fingerprint density at radius 3 is 2.89 bits per heavy atom. The third-order valence-corrected chi connectivity index (χ3v) is 2.29. The standard InChI is InChI=1S/C12H20N2O4/c1-2-3-14-9-10(13)8-11(14)12(16)18-7-6-17-5-4-15/h8-9,15H,2-7,13H2,1H3. The van der Waals surface area contributed by atoms with Crippen LogP contribution in [-0.4, -0.2) is 42.1 Å². The number of hydrogen-bond donors (Lipinski definition) is 2. The molecule has 0 bridgehead atoms. The zero-order valence-electron chi connectivity index (χ0n) is 10.6. The molecule has 0 unspecified atom stereocenters. The summed E-state index contributed by atoms with van der Waals surface area (Å²) in [5.41, 5.74) is 6.66. The van der Waals surface area contributed by atoms with E-state index in [1.54, 1.807) is 16.8 Å². The van der Waals surface area contributed by atoms with Gasteiger partial charge in [0.2, 0.25) is 0 Å². The van der Waals surface area contributed by atoms with Crippen molar-refractivity contribution >= 4 is 11.7 Å². The van der Waals surface area contributed by atoms with Crippen molar-refractivity contribution in [3.8, 4) is 0 Å². The summed E-state index contributed by atoms with van der Waals surface area (Å²) in [6.45, 7) is 3.39. The minimum Gasteiger partial charge on any atom is -0.459 e. The molecule has 1 aromatic heterocycles. The maximum absolute atomic E-state index is 11.8. The van der Waals surface area contributed by atoms with Gasteiger partial charge in [0, 0.05) is 12.7 Å². The fourth-order valence-electron chi connectivity index (χ4n) is 1.56. The highest BCUT2D eigenvalue weighted by Crippen LogP contribution is 2.12. The quantitative estimate of drug-likeness (QED) is 0.526. The van der Waals surface area contributed by atoms with E-state index in [1.165, 1.54) is 0 Å². The van der Waals surface area contributed by atoms with E-state index in [-0.39, 0.29) is 26.4 Å². The Kier molecular flexibility index (Phi) is 6.24. The van der Waals surface area contributed by atoms with Gasteiger partial charge in [-0.25, -0.2) is 4.79 Å². The Bertz CT molecular complexity index is 376. The number of esters is 1. The van der Waals surface area contributed by atoms with Gasteiger partial charge in [-0.05, 0) is 12.5 Å². The predicted octanol–water partition coefficient (Wildman–Crippen LogP) is 0.646. The molecule has 0 saturated carbocycles. The second kappa shape index (κ2) is 7.73. The Morgan fingerprint density at radius 1 is 1.44 bits per heavy atom. The molecule has 102 valence electrons. The van der Waals surface area contributed by atoms with Crippen molar-refractivity contribution in [1.29, 1.82) is 0 Å². The van der Waals surface area contributed by atoms with Gasteiger partial charge in [0.05, 0.1) is 25.5 Å². The van der Waals surface area contributed by atoms with Crippen LogP contribution in [0.2, 0.25) is 0 Å². The summed E-state index contributed by atoms with van der Waals surface area (Å²) in [5, 5.41) is 8.50. The first-order chi connectivity index (χ1) is 8.69. The summed E-state index contributed by atoms with van der Waals surface area (Å²) in [6, 6.07) is 1.60. The Labute approximate surface area is 106 Å². The van der Waals surface area contributed by atoms with E-state index in [4.69, 9.17) is 20.3 Å². The molecular formula is C12H20N2O4. The van der Waals surface area contributed by atoms with Crippen LogP contribution in [0, 0.1) is 0 Å². The number of anilines is 1. The van der Waals surface area contributed by atoms with Gasteiger partial charge in [-0.3, -0.25) is 0 Å². The number of aryl methyl sites for hydroxylation is 1. The zero-order chi connectivity index (χ0) is 13.4. The average Bonchev–Trinajstić information content (AvgIpc) is 2.70. The summed E-state index contributed by atoms with van der Waals surface area (Å²) >= 11 is 0. The number of ether oxygens (including phenoxy) is 2. The van der Waals surface area contributed by atoms with E-state index in [0.29, 0.717) is 11.4 Å². The molecule has 1 aromatic rings. The minimum absolute atomic E-state index is 0.0379. The van der Waals surface area contributed by atoms with Gasteiger partial charge >= 0.3 is 5.97 Å². The molecule has 1 rings (SSSR count). The zero-order valence-corrected chi connectivity index (χ0v) is 10.6. The van der Waals surface area contributed by atoms with Gasteiger partial charge < -0.3 is 24.9 Å². The summed E-state index contributed by atoms with van der Waals surface area (Å²) in [7, 11) is 0. The van der Waals surface area contributed by atoms with E-state index in [9.17, 15) is 4.79 Å². The van der Waals surface area contributed by atoms with E-state index in [1.807, 2.05) is 6.92 Å². The normalized spacial score (nSPS) is 10.6. The molecule has 6 nitrogen and oxygen atoms in total. The number of nitrogens with two attached hydrogens (primary N) is 1. The molecule has 0 fully saturated rings. The average molecular weight is 256 g/mol. The van der Waals surface area contributed by atoms with Gasteiger partial charge in [0.15, 0.2) is 0 Å². The molecule has 0 atom stereocenters. The van der Waals surface area contributed by atoms with Crippen LogP contribution in [0.15, 0.2) is 12.3 Å². The summed E-state index contributed by atoms with van der Waals surface area (Å²) in [5.74, 6) is -0.409. The molecule has 3 N–H and O–H groups in total. The molecule has 0 aliphatic rings. The van der Waals surface area contributed by atoms with Crippen LogP contribution in [0.25, 0.3) is 0 Å². The lowest BCUT2D eigenvalue weighted by Crippen LogP contribution is -2.15. The van der Waals surface area contributed by atoms with Crippen molar-refractivity contribution in [2.45, 2.75) is 19.9 Å². The number of aliphatic hydroxyl groups is 1. The Morgan fingerprint density at radius 2 is 2.22 bits per heavy atom. The number of hydrogen-bond acceptors (Lipinski definition) is 5. The molecule has 18 heavy (non-hydrogen) atoms. The van der Waals surface area contributed by atoms with Crippen LogP contribution in [0.5, 0.6) is 0 Å². The number of aromatic nitrogens is 1. The third kappa shape index (κ3) is 4.38. The fraction of sp³-hybridized carbons (Fsp3) is 0.583. The molecule has 0 spiro atoms. The fourth-order valence-corrected chi connectivity index (χ4v) is 1.56. The van der Waals surface area contributed by atoms with E-state index >= 15 is 0 Å². The lowest BCUT2D eigenvalue weighted by atomic mass is 10.4. The summed E-state index contributed by atoms with van der Waals surface area (Å²) < 4.78 is 11.8. The highest BCUT2D eigenvalue weighted by molar-refractivity contribution is 5.89. The molecule has 0 radical (unpaired) electrons. The highest BCUT2D eigenvalue weighted by Gasteiger charge is 2.13. The van der Waals surface area contributed by atoms with Crippen LogP contribution in [0.4, 0.5) is 5.69 Å². The molecule has 0 amide bonds. The van der Waals surface area contributed by atoms with Crippen molar-refractivity contribution in [3.05, 3.63) is 18.0 Å². The smallest absolute Gasteiger partial charge is 0.355 e. The molecule has 6 heteroatoms. The van der Waals surface area contributed by atoms with Gasteiger partial charge in [-0.15, -0.1) is 0 Å². The number of carbonyl (C=O) groups excluding carboxylic acids is 1. The van der Waals surface area contributed by atoms with Crippen LogP contribution in [0.1, 0.15) is 23.8 Å². The third-order valence-electron chi connectivity index (χ3n) is 2.29. The van der Waals surface area contributed by atoms with Gasteiger partial charge in [-0.2, -0.15) is 0 Å². The van der Waals surface area contributed by atoms with Crippen molar-refractivity contribution in [3.63, 3.8) is 0 Å². The van der Waals surface area contributed by atoms with Crippen molar-refractivity contribution < 1.29 is 19.4 Å². The molecule has 0 aliphatic carbocycles. The van der Waals surface area contributed by atoms with Crippen LogP contribution >= 0.6 is 0 Å². The first-order valence-corrected chi connectivity index (χ1v) is 6.00. The number of nitrogen functional groups attached to an aromatic ring is 1. The second-order valence-electron chi connectivity index (χ2n) is 3.82. The first kappa shape index (κ1) is 14.5. The first-order valence-electron chi connectivity index (χ1n) is 6.00. The highest BCUT2D eigenvalue weighted by atomic mass is 16.6. The molecule has 1 heterocycles. The van der Waals surface area contributed by atoms with Gasteiger partial charge in [0.25, 0.3) is 0 Å². The number of carbonyl (C=O) groups is 1. The largest absolute Gasteiger partial charge is 0.459 e. The van der Waals surface area contributed by atoms with Crippen molar-refractivity contribution in [1.82, 2.24) is 4.57 Å². The van der Waals surface area contributed by atoms with E-state index < -0.39 is 5.97 Å². The van der Waals surface area contributed by atoms with E-state index in [0.717, 1.165) is 13.0 Å². The molecule has 0 aliphatic heterocycles. The lowest BCUT2D eigenvalue weighted by Gasteiger charge is -2.08. The lowest BCUT2D eigenvalue weighted by molar-refractivity contribution is 0.0249. The topological polar surface area (TPSA) is 86.7 Å². The van der Waals surface area contributed by atoms with Crippen LogP contribution in [-0.2, 0) is 16.0 Å². The summed E-state index contributed by atoms with van der Waals surface area (Å²) in [6.07, 6.45) is 2.64. The van der Waals surface area contributed by atoms with Gasteiger partial charge in [0.1, 0.15) is 12.3 Å². The Hall–Kier alpha value is -1.53. The summed E-state index contributed by atoms with van der Waals surface area (Å²) in [4.78, 5) is 11.8. The Balaban J connectivity index is 2.45. The van der Waals surface area contributed by atoms with Gasteiger partial charge in [-0.1, -0.05) is 6.92 Å².